The van der Waals surface area contributed by atoms with Crippen molar-refractivity contribution in [1.29, 1.82) is 0 Å². The summed E-state index contributed by atoms with van der Waals surface area (Å²) < 4.78 is 5.38. The zero-order valence-electron chi connectivity index (χ0n) is 16.2. The first kappa shape index (κ1) is 17.7. The lowest BCUT2D eigenvalue weighted by Crippen LogP contribution is -2.49. The SMILES string of the molecule is CN1C(=O)C2(CCN(C(=O)c3cnoc3-c3ccccc3)CC2)c2ccccc21. The highest BCUT2D eigenvalue weighted by molar-refractivity contribution is 6.08. The molecule has 146 valence electrons. The van der Waals surface area contributed by atoms with Gasteiger partial charge in [0.2, 0.25) is 5.91 Å². The standard InChI is InChI=1S/C23H21N3O3/c1-25-19-10-6-5-9-18(19)23(22(25)28)11-13-26(14-12-23)21(27)17-15-24-29-20(17)16-7-3-2-4-8-16/h2-10,15H,11-14H2,1H3. The second kappa shape index (κ2) is 6.58. The monoisotopic (exact) mass is 387 g/mol. The molecule has 0 atom stereocenters. The largest absolute Gasteiger partial charge is 0.355 e. The van der Waals surface area contributed by atoms with E-state index in [2.05, 4.69) is 5.16 Å². The summed E-state index contributed by atoms with van der Waals surface area (Å²) in [6.07, 6.45) is 2.72. The molecular weight excluding hydrogens is 366 g/mol. The zero-order valence-corrected chi connectivity index (χ0v) is 16.2. The van der Waals surface area contributed by atoms with Gasteiger partial charge in [0.05, 0.1) is 11.6 Å². The molecule has 0 N–H and O–H groups in total. The Morgan fingerprint density at radius 2 is 1.72 bits per heavy atom. The molecule has 2 amide bonds. The van der Waals surface area contributed by atoms with Crippen molar-refractivity contribution in [3.05, 3.63) is 71.9 Å². The summed E-state index contributed by atoms with van der Waals surface area (Å²) in [5.74, 6) is 0.505. The number of nitrogens with zero attached hydrogens (tertiary/aromatic N) is 3. The van der Waals surface area contributed by atoms with Crippen LogP contribution in [0.5, 0.6) is 0 Å². The minimum Gasteiger partial charge on any atom is -0.355 e. The van der Waals surface area contributed by atoms with Crippen LogP contribution in [0.25, 0.3) is 11.3 Å². The van der Waals surface area contributed by atoms with Gasteiger partial charge < -0.3 is 14.3 Å². The van der Waals surface area contributed by atoms with Crippen LogP contribution in [-0.4, -0.2) is 42.0 Å². The van der Waals surface area contributed by atoms with Gasteiger partial charge in [-0.05, 0) is 24.5 Å². The van der Waals surface area contributed by atoms with Crippen LogP contribution >= 0.6 is 0 Å². The third-order valence-corrected chi connectivity index (χ3v) is 6.24. The van der Waals surface area contributed by atoms with Gasteiger partial charge in [0, 0.05) is 31.4 Å². The van der Waals surface area contributed by atoms with E-state index in [0.717, 1.165) is 16.8 Å². The molecule has 5 rings (SSSR count). The van der Waals surface area contributed by atoms with E-state index in [1.807, 2.05) is 61.6 Å². The Kier molecular flexibility index (Phi) is 4.01. The first-order valence-corrected chi connectivity index (χ1v) is 9.79. The van der Waals surface area contributed by atoms with E-state index < -0.39 is 5.41 Å². The fourth-order valence-electron chi connectivity index (χ4n) is 4.65. The molecule has 0 saturated carbocycles. The smallest absolute Gasteiger partial charge is 0.259 e. The van der Waals surface area contributed by atoms with Crippen LogP contribution in [0.4, 0.5) is 5.69 Å². The average Bonchev–Trinajstić information content (AvgIpc) is 3.34. The summed E-state index contributed by atoms with van der Waals surface area (Å²) >= 11 is 0. The van der Waals surface area contributed by atoms with Crippen molar-refractivity contribution < 1.29 is 14.1 Å². The normalized spacial score (nSPS) is 17.6. The Bertz CT molecular complexity index is 1080. The molecule has 3 aromatic rings. The highest BCUT2D eigenvalue weighted by atomic mass is 16.5. The summed E-state index contributed by atoms with van der Waals surface area (Å²) in [5, 5.41) is 3.85. The molecule has 1 spiro atoms. The van der Waals surface area contributed by atoms with Crippen LogP contribution in [0.2, 0.25) is 0 Å². The summed E-state index contributed by atoms with van der Waals surface area (Å²) in [4.78, 5) is 29.8. The van der Waals surface area contributed by atoms with Gasteiger partial charge in [-0.2, -0.15) is 0 Å². The molecule has 0 unspecified atom stereocenters. The number of likely N-dealkylation sites (tertiary alicyclic amines) is 1. The van der Waals surface area contributed by atoms with Gasteiger partial charge in [-0.1, -0.05) is 53.7 Å². The van der Waals surface area contributed by atoms with Crippen LogP contribution in [0.15, 0.2) is 65.3 Å². The second-order valence-corrected chi connectivity index (χ2v) is 7.69. The molecule has 0 bridgehead atoms. The topological polar surface area (TPSA) is 66.7 Å². The minimum atomic E-state index is -0.529. The minimum absolute atomic E-state index is 0.105. The van der Waals surface area contributed by atoms with Crippen LogP contribution in [-0.2, 0) is 10.2 Å². The van der Waals surface area contributed by atoms with E-state index in [0.29, 0.717) is 37.3 Å². The molecule has 2 aliphatic heterocycles. The molecule has 29 heavy (non-hydrogen) atoms. The van der Waals surface area contributed by atoms with Crippen LogP contribution in [0, 0.1) is 0 Å². The Balaban J connectivity index is 1.39. The van der Waals surface area contributed by atoms with Crippen molar-refractivity contribution in [2.45, 2.75) is 18.3 Å². The molecule has 0 radical (unpaired) electrons. The highest BCUT2D eigenvalue weighted by Crippen LogP contribution is 2.47. The maximum atomic E-state index is 13.2. The van der Waals surface area contributed by atoms with E-state index in [1.54, 1.807) is 9.80 Å². The maximum Gasteiger partial charge on any atom is 0.259 e. The zero-order chi connectivity index (χ0) is 20.0. The number of likely N-dealkylation sites (N-methyl/N-ethyl adjacent to an activating group) is 1. The molecule has 3 heterocycles. The predicted octanol–water partition coefficient (Wildman–Crippen LogP) is 3.49. The number of piperidine rings is 1. The number of anilines is 1. The van der Waals surface area contributed by atoms with Crippen LogP contribution in [0.3, 0.4) is 0 Å². The van der Waals surface area contributed by atoms with Crippen molar-refractivity contribution in [3.63, 3.8) is 0 Å². The Morgan fingerprint density at radius 3 is 2.48 bits per heavy atom. The fourth-order valence-corrected chi connectivity index (χ4v) is 4.65. The van der Waals surface area contributed by atoms with Gasteiger partial charge in [0.1, 0.15) is 5.56 Å². The predicted molar refractivity (Wildman–Crippen MR) is 109 cm³/mol. The number of benzene rings is 2. The summed E-state index contributed by atoms with van der Waals surface area (Å²) in [6.45, 7) is 1.04. The molecule has 6 nitrogen and oxygen atoms in total. The number of carbonyl (C=O) groups excluding carboxylic acids is 2. The first-order chi connectivity index (χ1) is 14.1. The number of para-hydroxylation sites is 1. The third kappa shape index (κ3) is 2.59. The van der Waals surface area contributed by atoms with Crippen LogP contribution in [0.1, 0.15) is 28.8 Å². The van der Waals surface area contributed by atoms with E-state index in [1.165, 1.54) is 6.20 Å². The Hall–Kier alpha value is -3.41. The van der Waals surface area contributed by atoms with Gasteiger partial charge in [-0.15, -0.1) is 0 Å². The van der Waals surface area contributed by atoms with Crippen molar-refractivity contribution in [2.24, 2.45) is 0 Å². The molecule has 1 saturated heterocycles. The fraction of sp³-hybridized carbons (Fsp3) is 0.261. The third-order valence-electron chi connectivity index (χ3n) is 6.24. The quantitative estimate of drug-likeness (QED) is 0.675. The van der Waals surface area contributed by atoms with Gasteiger partial charge in [0.15, 0.2) is 5.76 Å². The number of rotatable bonds is 2. The number of fused-ring (bicyclic) bond motifs is 2. The summed E-state index contributed by atoms with van der Waals surface area (Å²) in [5.41, 5.74) is 2.81. The molecule has 0 aliphatic carbocycles. The van der Waals surface area contributed by atoms with E-state index in [4.69, 9.17) is 4.52 Å². The molecule has 1 aromatic heterocycles. The summed E-state index contributed by atoms with van der Waals surface area (Å²) in [7, 11) is 1.83. The van der Waals surface area contributed by atoms with Gasteiger partial charge >= 0.3 is 0 Å². The lowest BCUT2D eigenvalue weighted by Gasteiger charge is -2.38. The average molecular weight is 387 g/mol. The lowest BCUT2D eigenvalue weighted by molar-refractivity contribution is -0.124. The van der Waals surface area contributed by atoms with Gasteiger partial charge in [0.25, 0.3) is 5.91 Å². The van der Waals surface area contributed by atoms with E-state index in [9.17, 15) is 9.59 Å². The number of aromatic nitrogens is 1. The number of hydrogen-bond donors (Lipinski definition) is 0. The van der Waals surface area contributed by atoms with E-state index >= 15 is 0 Å². The van der Waals surface area contributed by atoms with E-state index in [-0.39, 0.29) is 11.8 Å². The Morgan fingerprint density at radius 1 is 1.03 bits per heavy atom. The number of amides is 2. The highest BCUT2D eigenvalue weighted by Gasteiger charge is 2.51. The lowest BCUT2D eigenvalue weighted by atomic mass is 9.73. The van der Waals surface area contributed by atoms with Crippen LogP contribution < -0.4 is 4.90 Å². The van der Waals surface area contributed by atoms with Crippen molar-refractivity contribution in [1.82, 2.24) is 10.1 Å². The van der Waals surface area contributed by atoms with Crippen molar-refractivity contribution in [3.8, 4) is 11.3 Å². The second-order valence-electron chi connectivity index (χ2n) is 7.69. The molecular formula is C23H21N3O3. The van der Waals surface area contributed by atoms with Gasteiger partial charge in [-0.3, -0.25) is 9.59 Å². The van der Waals surface area contributed by atoms with Crippen molar-refractivity contribution in [2.75, 3.05) is 25.0 Å². The maximum absolute atomic E-state index is 13.2. The van der Waals surface area contributed by atoms with Crippen molar-refractivity contribution >= 4 is 17.5 Å². The molecule has 2 aromatic carbocycles. The summed E-state index contributed by atoms with van der Waals surface area (Å²) in [6, 6.07) is 17.5. The Labute approximate surface area is 168 Å². The number of hydrogen-bond acceptors (Lipinski definition) is 4. The number of carbonyl (C=O) groups is 2. The molecule has 6 heteroatoms. The van der Waals surface area contributed by atoms with Gasteiger partial charge in [-0.25, -0.2) is 0 Å². The molecule has 1 fully saturated rings. The first-order valence-electron chi connectivity index (χ1n) is 9.79. The molecule has 2 aliphatic rings.